The number of carbonyl (C=O) groups excluding carboxylic acids is 1. The first-order valence-corrected chi connectivity index (χ1v) is 9.94. The van der Waals surface area contributed by atoms with Crippen LogP contribution in [0.4, 0.5) is 5.13 Å². The van der Waals surface area contributed by atoms with E-state index in [2.05, 4.69) is 39.5 Å². The van der Waals surface area contributed by atoms with E-state index in [9.17, 15) is 4.79 Å². The maximum atomic E-state index is 12.1. The zero-order valence-electron chi connectivity index (χ0n) is 16.1. The lowest BCUT2D eigenvalue weighted by atomic mass is 10.1. The number of ether oxygens (including phenoxy) is 1. The van der Waals surface area contributed by atoms with Gasteiger partial charge in [-0.05, 0) is 36.6 Å². The maximum absolute atomic E-state index is 12.1. The number of anilines is 1. The molecular formula is C19H23N5O3S. The predicted octanol–water partition coefficient (Wildman–Crippen LogP) is 3.76. The highest BCUT2D eigenvalue weighted by Gasteiger charge is 2.12. The standard InChI is InChI=1S/C19H23N5O3S/c1-12(2)11-17-22-23-19(28-17)20-15(25)5-4-6-16-21-18(24-27-16)13-7-9-14(26-3)10-8-13/h7-10,12H,4-6,11H2,1-3H3,(H,20,23,25). The number of methoxy groups -OCH3 is 1. The van der Waals surface area contributed by atoms with Gasteiger partial charge in [0, 0.05) is 24.8 Å². The van der Waals surface area contributed by atoms with E-state index in [-0.39, 0.29) is 5.91 Å². The summed E-state index contributed by atoms with van der Waals surface area (Å²) in [4.78, 5) is 16.4. The minimum Gasteiger partial charge on any atom is -0.497 e. The molecule has 3 aromatic rings. The van der Waals surface area contributed by atoms with Crippen LogP contribution in [0, 0.1) is 5.92 Å². The molecule has 28 heavy (non-hydrogen) atoms. The van der Waals surface area contributed by atoms with Crippen molar-refractivity contribution >= 4 is 22.4 Å². The Labute approximate surface area is 167 Å². The van der Waals surface area contributed by atoms with Gasteiger partial charge in [-0.15, -0.1) is 10.2 Å². The summed E-state index contributed by atoms with van der Waals surface area (Å²) < 4.78 is 10.4. The van der Waals surface area contributed by atoms with E-state index in [1.54, 1.807) is 7.11 Å². The molecule has 2 aromatic heterocycles. The van der Waals surface area contributed by atoms with E-state index in [1.165, 1.54) is 11.3 Å². The lowest BCUT2D eigenvalue weighted by Crippen LogP contribution is -2.11. The Morgan fingerprint density at radius 2 is 2.04 bits per heavy atom. The van der Waals surface area contributed by atoms with Gasteiger partial charge in [-0.25, -0.2) is 0 Å². The molecule has 0 aliphatic heterocycles. The van der Waals surface area contributed by atoms with Crippen LogP contribution in [0.1, 0.15) is 37.6 Å². The van der Waals surface area contributed by atoms with Gasteiger partial charge >= 0.3 is 0 Å². The van der Waals surface area contributed by atoms with Gasteiger partial charge in [-0.1, -0.05) is 30.3 Å². The van der Waals surface area contributed by atoms with Gasteiger partial charge in [0.05, 0.1) is 7.11 Å². The quantitative estimate of drug-likeness (QED) is 0.582. The minimum atomic E-state index is -0.0952. The number of carbonyl (C=O) groups is 1. The minimum absolute atomic E-state index is 0.0952. The summed E-state index contributed by atoms with van der Waals surface area (Å²) in [6, 6.07) is 7.43. The second kappa shape index (κ2) is 9.41. The number of rotatable bonds is 9. The van der Waals surface area contributed by atoms with Gasteiger partial charge < -0.3 is 14.6 Å². The van der Waals surface area contributed by atoms with Crippen LogP contribution in [-0.4, -0.2) is 33.4 Å². The van der Waals surface area contributed by atoms with Crippen molar-refractivity contribution < 1.29 is 14.1 Å². The fourth-order valence-corrected chi connectivity index (χ4v) is 3.50. The normalized spacial score (nSPS) is 11.0. The van der Waals surface area contributed by atoms with Crippen molar-refractivity contribution in [2.24, 2.45) is 5.92 Å². The van der Waals surface area contributed by atoms with E-state index >= 15 is 0 Å². The molecule has 3 rings (SSSR count). The molecular weight excluding hydrogens is 378 g/mol. The van der Waals surface area contributed by atoms with Gasteiger partial charge in [0.1, 0.15) is 10.8 Å². The number of hydrogen-bond acceptors (Lipinski definition) is 8. The molecule has 0 radical (unpaired) electrons. The zero-order chi connectivity index (χ0) is 19.9. The summed E-state index contributed by atoms with van der Waals surface area (Å²) in [6.45, 7) is 4.24. The smallest absolute Gasteiger partial charge is 0.226 e. The Bertz CT molecular complexity index is 904. The Morgan fingerprint density at radius 3 is 2.75 bits per heavy atom. The molecule has 148 valence electrons. The third-order valence-electron chi connectivity index (χ3n) is 3.91. The summed E-state index contributed by atoms with van der Waals surface area (Å²) in [5.41, 5.74) is 0.849. The molecule has 1 amide bonds. The first kappa shape index (κ1) is 19.9. The van der Waals surface area contributed by atoms with Crippen molar-refractivity contribution in [1.82, 2.24) is 20.3 Å². The first-order chi connectivity index (χ1) is 13.5. The summed E-state index contributed by atoms with van der Waals surface area (Å²) in [7, 11) is 1.62. The van der Waals surface area contributed by atoms with Crippen LogP contribution >= 0.6 is 11.3 Å². The van der Waals surface area contributed by atoms with E-state index in [0.29, 0.717) is 42.0 Å². The number of aromatic nitrogens is 4. The largest absolute Gasteiger partial charge is 0.497 e. The highest BCUT2D eigenvalue weighted by atomic mass is 32.1. The summed E-state index contributed by atoms with van der Waals surface area (Å²) in [6.07, 6.45) is 2.35. The third kappa shape index (κ3) is 5.59. The molecule has 0 saturated carbocycles. The van der Waals surface area contributed by atoms with Crippen molar-refractivity contribution in [3.8, 4) is 17.1 Å². The molecule has 1 aromatic carbocycles. The second-order valence-corrected chi connectivity index (χ2v) is 7.80. The fourth-order valence-electron chi connectivity index (χ4n) is 2.53. The van der Waals surface area contributed by atoms with Crippen LogP contribution in [0.3, 0.4) is 0 Å². The van der Waals surface area contributed by atoms with E-state index in [4.69, 9.17) is 9.26 Å². The molecule has 8 nitrogen and oxygen atoms in total. The number of nitrogens with one attached hydrogen (secondary N) is 1. The van der Waals surface area contributed by atoms with Crippen LogP contribution in [0.15, 0.2) is 28.8 Å². The average molecular weight is 401 g/mol. The van der Waals surface area contributed by atoms with E-state index in [0.717, 1.165) is 22.7 Å². The Balaban J connectivity index is 1.45. The Hall–Kier alpha value is -2.81. The van der Waals surface area contributed by atoms with Crippen LogP contribution in [0.2, 0.25) is 0 Å². The van der Waals surface area contributed by atoms with Crippen LogP contribution < -0.4 is 10.1 Å². The predicted molar refractivity (Wildman–Crippen MR) is 106 cm³/mol. The number of amides is 1. The number of nitrogens with zero attached hydrogens (tertiary/aromatic N) is 4. The van der Waals surface area contributed by atoms with Crippen molar-refractivity contribution in [3.05, 3.63) is 35.2 Å². The molecule has 1 N–H and O–H groups in total. The van der Waals surface area contributed by atoms with E-state index in [1.807, 2.05) is 24.3 Å². The summed E-state index contributed by atoms with van der Waals surface area (Å²) in [5, 5.41) is 16.4. The maximum Gasteiger partial charge on any atom is 0.226 e. The molecule has 0 atom stereocenters. The monoisotopic (exact) mass is 401 g/mol. The molecule has 0 unspecified atom stereocenters. The summed E-state index contributed by atoms with van der Waals surface area (Å²) >= 11 is 1.42. The van der Waals surface area contributed by atoms with Crippen molar-refractivity contribution in [2.45, 2.75) is 39.5 Å². The lowest BCUT2D eigenvalue weighted by Gasteiger charge is -2.00. The van der Waals surface area contributed by atoms with Crippen LogP contribution in [0.5, 0.6) is 5.75 Å². The van der Waals surface area contributed by atoms with Crippen LogP contribution in [0.25, 0.3) is 11.4 Å². The SMILES string of the molecule is COc1ccc(-c2noc(CCCC(=O)Nc3nnc(CC(C)C)s3)n2)cc1. The number of aryl methyl sites for hydroxylation is 1. The fraction of sp³-hybridized carbons (Fsp3) is 0.421. The molecule has 0 fully saturated rings. The van der Waals surface area contributed by atoms with Crippen molar-refractivity contribution in [1.29, 1.82) is 0 Å². The molecule has 9 heteroatoms. The highest BCUT2D eigenvalue weighted by Crippen LogP contribution is 2.21. The second-order valence-electron chi connectivity index (χ2n) is 6.74. The first-order valence-electron chi connectivity index (χ1n) is 9.12. The third-order valence-corrected chi connectivity index (χ3v) is 4.77. The van der Waals surface area contributed by atoms with Gasteiger partial charge in [-0.3, -0.25) is 4.79 Å². The van der Waals surface area contributed by atoms with Gasteiger partial charge in [0.25, 0.3) is 0 Å². The van der Waals surface area contributed by atoms with Gasteiger partial charge in [-0.2, -0.15) is 4.98 Å². The Morgan fingerprint density at radius 1 is 1.25 bits per heavy atom. The molecule has 0 aliphatic rings. The average Bonchev–Trinajstić information content (AvgIpc) is 3.31. The molecule has 0 aliphatic carbocycles. The number of hydrogen-bond donors (Lipinski definition) is 1. The number of benzene rings is 1. The topological polar surface area (TPSA) is 103 Å². The van der Waals surface area contributed by atoms with Crippen molar-refractivity contribution in [3.63, 3.8) is 0 Å². The van der Waals surface area contributed by atoms with Gasteiger partial charge in [0.2, 0.25) is 22.8 Å². The van der Waals surface area contributed by atoms with Crippen LogP contribution in [-0.2, 0) is 17.6 Å². The summed E-state index contributed by atoms with van der Waals surface area (Å²) in [5.74, 6) is 2.21. The molecule has 0 bridgehead atoms. The van der Waals surface area contributed by atoms with Crippen molar-refractivity contribution in [2.75, 3.05) is 12.4 Å². The van der Waals surface area contributed by atoms with E-state index < -0.39 is 0 Å². The van der Waals surface area contributed by atoms with Gasteiger partial charge in [0.15, 0.2) is 0 Å². The highest BCUT2D eigenvalue weighted by molar-refractivity contribution is 7.15. The molecule has 0 spiro atoms. The Kier molecular flexibility index (Phi) is 6.70. The lowest BCUT2D eigenvalue weighted by molar-refractivity contribution is -0.116. The zero-order valence-corrected chi connectivity index (χ0v) is 17.0. The molecule has 0 saturated heterocycles. The molecule has 2 heterocycles.